The SMILES string of the molecule is Nc1nc(Cl)cc(Nc2ccc(Cl)c(F)c2)n1. The maximum Gasteiger partial charge on any atom is 0.223 e. The minimum Gasteiger partial charge on any atom is -0.368 e. The number of aromatic nitrogens is 2. The van der Waals surface area contributed by atoms with Gasteiger partial charge >= 0.3 is 0 Å². The quantitative estimate of drug-likeness (QED) is 0.824. The maximum atomic E-state index is 13.2. The normalized spacial score (nSPS) is 10.3. The van der Waals surface area contributed by atoms with Crippen molar-refractivity contribution in [1.29, 1.82) is 0 Å². The van der Waals surface area contributed by atoms with Crippen molar-refractivity contribution in [3.05, 3.63) is 40.3 Å². The Hall–Kier alpha value is -1.59. The number of benzene rings is 1. The molecular weight excluding hydrogens is 266 g/mol. The van der Waals surface area contributed by atoms with Gasteiger partial charge in [0.05, 0.1) is 5.02 Å². The Labute approximate surface area is 107 Å². The van der Waals surface area contributed by atoms with E-state index in [4.69, 9.17) is 28.9 Å². The summed E-state index contributed by atoms with van der Waals surface area (Å²) < 4.78 is 13.2. The molecule has 17 heavy (non-hydrogen) atoms. The monoisotopic (exact) mass is 272 g/mol. The van der Waals surface area contributed by atoms with Gasteiger partial charge < -0.3 is 11.1 Å². The van der Waals surface area contributed by atoms with Crippen LogP contribution < -0.4 is 11.1 Å². The first-order valence-electron chi connectivity index (χ1n) is 4.57. The van der Waals surface area contributed by atoms with Crippen LogP contribution in [-0.4, -0.2) is 9.97 Å². The lowest BCUT2D eigenvalue weighted by Gasteiger charge is -2.06. The third-order valence-corrected chi connectivity index (χ3v) is 2.40. The number of halogens is 3. The first-order chi connectivity index (χ1) is 8.04. The van der Waals surface area contributed by atoms with E-state index in [9.17, 15) is 4.39 Å². The van der Waals surface area contributed by atoms with E-state index in [1.807, 2.05) is 0 Å². The Morgan fingerprint density at radius 2 is 1.94 bits per heavy atom. The molecule has 0 amide bonds. The molecule has 88 valence electrons. The molecule has 2 rings (SSSR count). The second kappa shape index (κ2) is 4.73. The fourth-order valence-corrected chi connectivity index (χ4v) is 1.53. The van der Waals surface area contributed by atoms with Crippen molar-refractivity contribution in [2.75, 3.05) is 11.1 Å². The molecular formula is C10H7Cl2FN4. The van der Waals surface area contributed by atoms with Gasteiger partial charge in [-0.1, -0.05) is 23.2 Å². The summed E-state index contributed by atoms with van der Waals surface area (Å²) in [5.74, 6) is -0.108. The van der Waals surface area contributed by atoms with E-state index in [0.717, 1.165) is 0 Å². The molecule has 4 nitrogen and oxygen atoms in total. The van der Waals surface area contributed by atoms with Crippen molar-refractivity contribution in [3.63, 3.8) is 0 Å². The standard InChI is InChI=1S/C10H7Cl2FN4/c11-6-2-1-5(3-7(6)13)15-9-4-8(12)16-10(14)17-9/h1-4H,(H3,14,15,16,17). The summed E-state index contributed by atoms with van der Waals surface area (Å²) >= 11 is 11.3. The first-order valence-corrected chi connectivity index (χ1v) is 5.32. The van der Waals surface area contributed by atoms with Gasteiger partial charge in [0.2, 0.25) is 5.95 Å². The second-order valence-electron chi connectivity index (χ2n) is 3.19. The highest BCUT2D eigenvalue weighted by atomic mass is 35.5. The molecule has 0 aliphatic carbocycles. The zero-order valence-electron chi connectivity index (χ0n) is 8.42. The highest BCUT2D eigenvalue weighted by Gasteiger charge is 2.04. The lowest BCUT2D eigenvalue weighted by atomic mass is 10.3. The molecule has 0 saturated carbocycles. The molecule has 1 heterocycles. The number of nitrogens with zero attached hydrogens (tertiary/aromatic N) is 2. The Morgan fingerprint density at radius 1 is 1.18 bits per heavy atom. The van der Waals surface area contributed by atoms with Gasteiger partial charge in [-0.15, -0.1) is 0 Å². The minimum absolute atomic E-state index is 0.0365. The lowest BCUT2D eigenvalue weighted by Crippen LogP contribution is -2.00. The summed E-state index contributed by atoms with van der Waals surface area (Å²) in [5.41, 5.74) is 5.91. The molecule has 0 spiro atoms. The average Bonchev–Trinajstić information content (AvgIpc) is 2.22. The highest BCUT2D eigenvalue weighted by molar-refractivity contribution is 6.30. The van der Waals surface area contributed by atoms with Gasteiger partial charge in [-0.05, 0) is 18.2 Å². The summed E-state index contributed by atoms with van der Waals surface area (Å²) in [5, 5.41) is 3.09. The largest absolute Gasteiger partial charge is 0.368 e. The molecule has 0 saturated heterocycles. The number of nitrogens with one attached hydrogen (secondary N) is 1. The number of rotatable bonds is 2. The van der Waals surface area contributed by atoms with Crippen molar-refractivity contribution in [1.82, 2.24) is 9.97 Å². The van der Waals surface area contributed by atoms with E-state index in [-0.39, 0.29) is 16.1 Å². The number of nitrogens with two attached hydrogens (primary N) is 1. The third kappa shape index (κ3) is 2.95. The van der Waals surface area contributed by atoms with Crippen molar-refractivity contribution in [2.24, 2.45) is 0 Å². The fourth-order valence-electron chi connectivity index (χ4n) is 1.22. The van der Waals surface area contributed by atoms with Crippen LogP contribution in [0.3, 0.4) is 0 Å². The zero-order valence-corrected chi connectivity index (χ0v) is 9.93. The van der Waals surface area contributed by atoms with Crippen LogP contribution in [0.25, 0.3) is 0 Å². The van der Waals surface area contributed by atoms with Crippen LogP contribution in [-0.2, 0) is 0 Å². The minimum atomic E-state index is -0.523. The van der Waals surface area contributed by atoms with E-state index in [1.54, 1.807) is 6.07 Å². The van der Waals surface area contributed by atoms with Crippen LogP contribution in [0.5, 0.6) is 0 Å². The summed E-state index contributed by atoms with van der Waals surface area (Å²) in [7, 11) is 0. The molecule has 0 aliphatic heterocycles. The van der Waals surface area contributed by atoms with E-state index in [1.165, 1.54) is 18.2 Å². The highest BCUT2D eigenvalue weighted by Crippen LogP contribution is 2.22. The molecule has 3 N–H and O–H groups in total. The van der Waals surface area contributed by atoms with Crippen molar-refractivity contribution in [3.8, 4) is 0 Å². The molecule has 1 aromatic heterocycles. The molecule has 0 atom stereocenters. The van der Waals surface area contributed by atoms with Crippen molar-refractivity contribution in [2.45, 2.75) is 0 Å². The Balaban J connectivity index is 2.28. The Kier molecular flexibility index (Phi) is 3.31. The number of hydrogen-bond acceptors (Lipinski definition) is 4. The van der Waals surface area contributed by atoms with Gasteiger partial charge in [0.15, 0.2) is 0 Å². The van der Waals surface area contributed by atoms with E-state index in [2.05, 4.69) is 15.3 Å². The van der Waals surface area contributed by atoms with Gasteiger partial charge in [-0.2, -0.15) is 4.98 Å². The Morgan fingerprint density at radius 3 is 2.59 bits per heavy atom. The fraction of sp³-hybridized carbons (Fsp3) is 0. The van der Waals surface area contributed by atoms with Crippen LogP contribution in [0, 0.1) is 5.82 Å². The van der Waals surface area contributed by atoms with Crippen LogP contribution >= 0.6 is 23.2 Å². The van der Waals surface area contributed by atoms with Gasteiger partial charge in [-0.3, -0.25) is 0 Å². The Bertz CT molecular complexity index is 542. The number of anilines is 3. The first kappa shape index (κ1) is 11.9. The summed E-state index contributed by atoms with van der Waals surface area (Å²) in [6.07, 6.45) is 0. The van der Waals surface area contributed by atoms with Crippen LogP contribution in [0.15, 0.2) is 24.3 Å². The van der Waals surface area contributed by atoms with Gasteiger partial charge in [0.25, 0.3) is 0 Å². The van der Waals surface area contributed by atoms with Crippen LogP contribution in [0.2, 0.25) is 10.2 Å². The molecule has 0 aliphatic rings. The molecule has 0 radical (unpaired) electrons. The topological polar surface area (TPSA) is 63.8 Å². The van der Waals surface area contributed by atoms with Crippen molar-refractivity contribution < 1.29 is 4.39 Å². The van der Waals surface area contributed by atoms with Crippen molar-refractivity contribution >= 4 is 40.7 Å². The number of hydrogen-bond donors (Lipinski definition) is 2. The molecule has 2 aromatic rings. The summed E-state index contributed by atoms with van der Waals surface area (Å²) in [6, 6.07) is 5.77. The smallest absolute Gasteiger partial charge is 0.223 e. The number of nitrogen functional groups attached to an aromatic ring is 1. The second-order valence-corrected chi connectivity index (χ2v) is 3.98. The van der Waals surface area contributed by atoms with E-state index in [0.29, 0.717) is 11.5 Å². The summed E-state index contributed by atoms with van der Waals surface area (Å²) in [4.78, 5) is 7.60. The lowest BCUT2D eigenvalue weighted by molar-refractivity contribution is 0.629. The predicted molar refractivity (Wildman–Crippen MR) is 66.1 cm³/mol. The van der Waals surface area contributed by atoms with Crippen LogP contribution in [0.4, 0.5) is 21.8 Å². The maximum absolute atomic E-state index is 13.2. The summed E-state index contributed by atoms with van der Waals surface area (Å²) in [6.45, 7) is 0. The van der Waals surface area contributed by atoms with Gasteiger partial charge in [0, 0.05) is 11.8 Å². The predicted octanol–water partition coefficient (Wildman–Crippen LogP) is 3.25. The van der Waals surface area contributed by atoms with E-state index < -0.39 is 5.82 Å². The van der Waals surface area contributed by atoms with E-state index >= 15 is 0 Å². The van der Waals surface area contributed by atoms with Crippen LogP contribution in [0.1, 0.15) is 0 Å². The van der Waals surface area contributed by atoms with Gasteiger partial charge in [-0.25, -0.2) is 9.37 Å². The van der Waals surface area contributed by atoms with Gasteiger partial charge in [0.1, 0.15) is 16.8 Å². The molecule has 0 bridgehead atoms. The molecule has 0 unspecified atom stereocenters. The molecule has 1 aromatic carbocycles. The molecule has 0 fully saturated rings. The third-order valence-electron chi connectivity index (χ3n) is 1.90. The average molecular weight is 273 g/mol. The molecule has 7 heteroatoms. The zero-order chi connectivity index (χ0) is 12.4.